The van der Waals surface area contributed by atoms with E-state index in [1.807, 2.05) is 6.92 Å². The van der Waals surface area contributed by atoms with Crippen LogP contribution in [0, 0.1) is 6.92 Å². The summed E-state index contributed by atoms with van der Waals surface area (Å²) in [7, 11) is 1.50. The summed E-state index contributed by atoms with van der Waals surface area (Å²) < 4.78 is 52.1. The Kier molecular flexibility index (Phi) is 5.39. The third-order valence-electron chi connectivity index (χ3n) is 4.06. The number of benzene rings is 2. The van der Waals surface area contributed by atoms with Gasteiger partial charge in [0.15, 0.2) is 0 Å². The molecule has 1 aromatic heterocycles. The van der Waals surface area contributed by atoms with Crippen molar-refractivity contribution in [2.45, 2.75) is 19.2 Å². The second kappa shape index (κ2) is 7.75. The molecule has 2 aromatic carbocycles. The zero-order valence-corrected chi connectivity index (χ0v) is 15.2. The highest BCUT2D eigenvalue weighted by molar-refractivity contribution is 5.70. The van der Waals surface area contributed by atoms with Gasteiger partial charge in [-0.05, 0) is 30.2 Å². The van der Waals surface area contributed by atoms with Crippen LogP contribution in [0.5, 0.6) is 11.6 Å². The number of alkyl halides is 3. The minimum atomic E-state index is -4.68. The quantitative estimate of drug-likeness (QED) is 0.683. The van der Waals surface area contributed by atoms with Gasteiger partial charge in [-0.3, -0.25) is 0 Å². The molecule has 1 unspecified atom stereocenters. The minimum absolute atomic E-state index is 0.0384. The van der Waals surface area contributed by atoms with Crippen LogP contribution in [0.2, 0.25) is 0 Å². The Morgan fingerprint density at radius 3 is 2.54 bits per heavy atom. The molecule has 0 fully saturated rings. The zero-order valence-electron chi connectivity index (χ0n) is 15.2. The fourth-order valence-electron chi connectivity index (χ4n) is 2.79. The first-order valence-electron chi connectivity index (χ1n) is 8.35. The van der Waals surface area contributed by atoms with Gasteiger partial charge in [0, 0.05) is 17.8 Å². The number of halogens is 3. The summed E-state index contributed by atoms with van der Waals surface area (Å²) >= 11 is 0. The van der Waals surface area contributed by atoms with Gasteiger partial charge in [-0.25, -0.2) is 4.98 Å². The molecule has 0 aliphatic heterocycles. The summed E-state index contributed by atoms with van der Waals surface area (Å²) in [5, 5.41) is 0. The number of aromatic nitrogens is 2. The highest BCUT2D eigenvalue weighted by Gasteiger charge is 2.44. The van der Waals surface area contributed by atoms with Crippen molar-refractivity contribution in [2.75, 3.05) is 12.8 Å². The molecule has 2 N–H and O–H groups in total. The van der Waals surface area contributed by atoms with E-state index in [2.05, 4.69) is 9.97 Å². The number of hydrogen-bond donors (Lipinski definition) is 1. The van der Waals surface area contributed by atoms with E-state index in [-0.39, 0.29) is 17.4 Å². The number of nitrogen functional groups attached to an aromatic ring is 1. The molecule has 28 heavy (non-hydrogen) atoms. The maximum absolute atomic E-state index is 13.9. The molecule has 1 heterocycles. The van der Waals surface area contributed by atoms with E-state index in [9.17, 15) is 13.2 Å². The topological polar surface area (TPSA) is 70.3 Å². The molecule has 3 rings (SSSR count). The van der Waals surface area contributed by atoms with Gasteiger partial charge in [-0.2, -0.15) is 18.2 Å². The second-order valence-electron chi connectivity index (χ2n) is 6.12. The van der Waals surface area contributed by atoms with Crippen molar-refractivity contribution in [3.8, 4) is 22.8 Å². The lowest BCUT2D eigenvalue weighted by Gasteiger charge is -2.24. The van der Waals surface area contributed by atoms with Crippen molar-refractivity contribution in [1.82, 2.24) is 9.97 Å². The molecule has 0 bridgehead atoms. The summed E-state index contributed by atoms with van der Waals surface area (Å²) in [5.74, 6) is 0.111. The average molecular weight is 389 g/mol. The molecule has 0 radical (unpaired) electrons. The van der Waals surface area contributed by atoms with Crippen molar-refractivity contribution in [2.24, 2.45) is 0 Å². The number of aryl methyl sites for hydroxylation is 1. The van der Waals surface area contributed by atoms with E-state index < -0.39 is 12.3 Å². The maximum atomic E-state index is 13.9. The smallest absolute Gasteiger partial charge is 0.429 e. The fourth-order valence-corrected chi connectivity index (χ4v) is 2.79. The highest BCUT2D eigenvalue weighted by atomic mass is 19.4. The minimum Gasteiger partial charge on any atom is -0.497 e. The van der Waals surface area contributed by atoms with E-state index >= 15 is 0 Å². The SMILES string of the molecule is COc1cccc(-c2cc(C)ccc2C(Oc2ccnc(N)n2)C(F)(F)F)c1. The van der Waals surface area contributed by atoms with Crippen LogP contribution < -0.4 is 15.2 Å². The molecular formula is C20H18F3N3O2. The number of methoxy groups -OCH3 is 1. The van der Waals surface area contributed by atoms with Crippen LogP contribution in [-0.2, 0) is 0 Å². The Morgan fingerprint density at radius 1 is 1.07 bits per heavy atom. The number of rotatable bonds is 5. The number of nitrogens with zero attached hydrogens (tertiary/aromatic N) is 2. The molecule has 5 nitrogen and oxygen atoms in total. The van der Waals surface area contributed by atoms with Gasteiger partial charge >= 0.3 is 6.18 Å². The summed E-state index contributed by atoms with van der Waals surface area (Å²) in [4.78, 5) is 7.39. The predicted octanol–water partition coefficient (Wildman–Crippen LogP) is 4.73. The van der Waals surface area contributed by atoms with Gasteiger partial charge in [0.25, 0.3) is 0 Å². The Bertz CT molecular complexity index is 977. The van der Waals surface area contributed by atoms with Crippen LogP contribution in [-0.4, -0.2) is 23.3 Å². The lowest BCUT2D eigenvalue weighted by atomic mass is 9.94. The van der Waals surface area contributed by atoms with Crippen molar-refractivity contribution in [3.63, 3.8) is 0 Å². The summed E-state index contributed by atoms with van der Waals surface area (Å²) in [6.07, 6.45) is -5.67. The van der Waals surface area contributed by atoms with Crippen molar-refractivity contribution in [3.05, 3.63) is 65.9 Å². The first-order valence-corrected chi connectivity index (χ1v) is 8.35. The van der Waals surface area contributed by atoms with Gasteiger partial charge in [0.1, 0.15) is 5.75 Å². The first-order chi connectivity index (χ1) is 13.3. The van der Waals surface area contributed by atoms with Crippen LogP contribution in [0.3, 0.4) is 0 Å². The Balaban J connectivity index is 2.12. The molecule has 3 aromatic rings. The molecular weight excluding hydrogens is 371 g/mol. The molecule has 8 heteroatoms. The highest BCUT2D eigenvalue weighted by Crippen LogP contribution is 2.41. The van der Waals surface area contributed by atoms with Crippen LogP contribution in [0.15, 0.2) is 54.7 Å². The zero-order chi connectivity index (χ0) is 20.3. The molecule has 0 spiro atoms. The Labute approximate surface area is 160 Å². The number of ether oxygens (including phenoxy) is 2. The lowest BCUT2D eigenvalue weighted by molar-refractivity contribution is -0.198. The lowest BCUT2D eigenvalue weighted by Crippen LogP contribution is -2.27. The van der Waals surface area contributed by atoms with Gasteiger partial charge in [0.2, 0.25) is 17.9 Å². The van der Waals surface area contributed by atoms with E-state index in [0.717, 1.165) is 5.56 Å². The second-order valence-corrected chi connectivity index (χ2v) is 6.12. The third-order valence-corrected chi connectivity index (χ3v) is 4.06. The van der Waals surface area contributed by atoms with Crippen LogP contribution in [0.1, 0.15) is 17.2 Å². The maximum Gasteiger partial charge on any atom is 0.429 e. The van der Waals surface area contributed by atoms with E-state index in [1.165, 1.54) is 25.4 Å². The Hall–Kier alpha value is -3.29. The molecule has 146 valence electrons. The van der Waals surface area contributed by atoms with Crippen LogP contribution in [0.4, 0.5) is 19.1 Å². The molecule has 0 amide bonds. The Morgan fingerprint density at radius 2 is 1.86 bits per heavy atom. The molecule has 0 aliphatic rings. The molecule has 1 atom stereocenters. The number of nitrogens with two attached hydrogens (primary N) is 1. The standard InChI is InChI=1S/C20H18F3N3O2/c1-12-6-7-15(16(10-12)13-4-3-5-14(11-13)27-2)18(20(21,22)23)28-17-8-9-25-19(24)26-17/h3-11,18H,1-2H3,(H2,24,25,26). The monoisotopic (exact) mass is 389 g/mol. The first kappa shape index (κ1) is 19.5. The van der Waals surface area contributed by atoms with Gasteiger partial charge < -0.3 is 15.2 Å². The van der Waals surface area contributed by atoms with Gasteiger partial charge in [-0.15, -0.1) is 0 Å². The third kappa shape index (κ3) is 4.33. The van der Waals surface area contributed by atoms with Crippen molar-refractivity contribution < 1.29 is 22.6 Å². The normalized spacial score (nSPS) is 12.5. The van der Waals surface area contributed by atoms with Gasteiger partial charge in [-0.1, -0.05) is 35.9 Å². The van der Waals surface area contributed by atoms with Crippen molar-refractivity contribution in [1.29, 1.82) is 0 Å². The largest absolute Gasteiger partial charge is 0.497 e. The van der Waals surface area contributed by atoms with Gasteiger partial charge in [0.05, 0.1) is 7.11 Å². The average Bonchev–Trinajstić information content (AvgIpc) is 2.65. The number of anilines is 1. The van der Waals surface area contributed by atoms with E-state index in [4.69, 9.17) is 15.2 Å². The predicted molar refractivity (Wildman–Crippen MR) is 99.0 cm³/mol. The molecule has 0 saturated heterocycles. The number of hydrogen-bond acceptors (Lipinski definition) is 5. The van der Waals surface area contributed by atoms with E-state index in [1.54, 1.807) is 36.4 Å². The molecule has 0 aliphatic carbocycles. The fraction of sp³-hybridized carbons (Fsp3) is 0.200. The summed E-state index contributed by atoms with van der Waals surface area (Å²) in [6.45, 7) is 1.81. The van der Waals surface area contributed by atoms with Crippen molar-refractivity contribution >= 4 is 5.95 Å². The summed E-state index contributed by atoms with van der Waals surface area (Å²) in [5.41, 5.74) is 7.21. The summed E-state index contributed by atoms with van der Waals surface area (Å²) in [6, 6.07) is 12.8. The molecule has 0 saturated carbocycles. The van der Waals surface area contributed by atoms with Crippen LogP contribution in [0.25, 0.3) is 11.1 Å². The van der Waals surface area contributed by atoms with E-state index in [0.29, 0.717) is 16.9 Å². The van der Waals surface area contributed by atoms with Crippen LogP contribution >= 0.6 is 0 Å².